The maximum absolute atomic E-state index is 11.8. The molecule has 1 fully saturated rings. The molecule has 0 radical (unpaired) electrons. The molecule has 3 aromatic rings. The highest BCUT2D eigenvalue weighted by Gasteiger charge is 2.17. The smallest absolute Gasteiger partial charge is 0.344 e. The van der Waals surface area contributed by atoms with Crippen molar-refractivity contribution in [3.63, 3.8) is 0 Å². The number of carbonyl (C=O) groups excluding carboxylic acids is 1. The van der Waals surface area contributed by atoms with Crippen molar-refractivity contribution in [2.45, 2.75) is 20.0 Å². The molecule has 1 aliphatic heterocycles. The van der Waals surface area contributed by atoms with E-state index in [1.807, 2.05) is 35.2 Å². The summed E-state index contributed by atoms with van der Waals surface area (Å²) in [6.45, 7) is 5.92. The van der Waals surface area contributed by atoms with E-state index >= 15 is 0 Å². The molecule has 38 heavy (non-hydrogen) atoms. The van der Waals surface area contributed by atoms with Crippen LogP contribution in [0.3, 0.4) is 0 Å². The number of anilines is 4. The van der Waals surface area contributed by atoms with Crippen LogP contribution in [0.2, 0.25) is 0 Å². The van der Waals surface area contributed by atoms with E-state index in [1.54, 1.807) is 38.3 Å². The molecule has 0 aliphatic carbocycles. The minimum absolute atomic E-state index is 0.210. The van der Waals surface area contributed by atoms with Gasteiger partial charge in [-0.2, -0.15) is 20.1 Å². The second-order valence-electron chi connectivity index (χ2n) is 8.48. The summed E-state index contributed by atoms with van der Waals surface area (Å²) in [4.78, 5) is 27.4. The quantitative estimate of drug-likeness (QED) is 0.219. The summed E-state index contributed by atoms with van der Waals surface area (Å²) >= 11 is 0. The van der Waals surface area contributed by atoms with Crippen molar-refractivity contribution in [3.8, 4) is 11.5 Å². The molecule has 0 saturated carbocycles. The Labute approximate surface area is 221 Å². The fourth-order valence-electron chi connectivity index (χ4n) is 3.51. The third kappa shape index (κ3) is 7.77. The number of nitrogens with one attached hydrogen (secondary N) is 2. The van der Waals surface area contributed by atoms with Gasteiger partial charge >= 0.3 is 5.97 Å². The molecule has 0 amide bonds. The fraction of sp³-hybridized carbons (Fsp3) is 0.346. The summed E-state index contributed by atoms with van der Waals surface area (Å²) in [6.07, 6.45) is 1.39. The van der Waals surface area contributed by atoms with E-state index in [2.05, 4.69) is 30.8 Å². The molecular weight excluding hydrogens is 490 g/mol. The number of hydrogen-bond acceptors (Lipinski definition) is 12. The summed E-state index contributed by atoms with van der Waals surface area (Å²) in [5.41, 5.74) is 4.47. The highest BCUT2D eigenvalue weighted by atomic mass is 16.6. The van der Waals surface area contributed by atoms with Gasteiger partial charge in [-0.3, -0.25) is 0 Å². The Balaban J connectivity index is 1.46. The standard InChI is InChI=1S/C26H31N7O5/c1-18(2)38-23(34)17-37-21-10-9-19(15-22(21)35-3)16-27-32-25-29-24(28-20-7-5-4-6-8-20)30-26(31-25)33-11-13-36-14-12-33/h4-10,15-16,18H,11-14,17H2,1-3H3,(H2,28,29,30,31,32)/b27-16+. The molecule has 0 unspecified atom stereocenters. The van der Waals surface area contributed by atoms with Gasteiger partial charge in [0.05, 0.1) is 32.6 Å². The van der Waals surface area contributed by atoms with Gasteiger partial charge < -0.3 is 29.2 Å². The maximum Gasteiger partial charge on any atom is 0.344 e. The molecule has 0 spiro atoms. The van der Waals surface area contributed by atoms with Crippen LogP contribution in [0.1, 0.15) is 19.4 Å². The molecule has 0 atom stereocenters. The van der Waals surface area contributed by atoms with Crippen LogP contribution in [0.5, 0.6) is 11.5 Å². The average Bonchev–Trinajstić information content (AvgIpc) is 2.93. The van der Waals surface area contributed by atoms with Gasteiger partial charge in [0.25, 0.3) is 0 Å². The topological polar surface area (TPSA) is 132 Å². The Hall–Kier alpha value is -4.45. The number of nitrogens with zero attached hydrogens (tertiary/aromatic N) is 5. The summed E-state index contributed by atoms with van der Waals surface area (Å²) < 4.78 is 21.5. The molecule has 2 N–H and O–H groups in total. The maximum atomic E-state index is 11.8. The van der Waals surface area contributed by atoms with Gasteiger partial charge in [0.1, 0.15) is 0 Å². The summed E-state index contributed by atoms with van der Waals surface area (Å²) in [5.74, 6) is 1.62. The summed E-state index contributed by atoms with van der Waals surface area (Å²) in [5, 5.41) is 7.50. The van der Waals surface area contributed by atoms with Gasteiger partial charge in [-0.15, -0.1) is 0 Å². The molecule has 12 heteroatoms. The normalized spacial score (nSPS) is 13.4. The van der Waals surface area contributed by atoms with Gasteiger partial charge in [0.15, 0.2) is 18.1 Å². The number of rotatable bonds is 11. The minimum Gasteiger partial charge on any atom is -0.493 e. The van der Waals surface area contributed by atoms with Crippen molar-refractivity contribution in [3.05, 3.63) is 54.1 Å². The minimum atomic E-state index is -0.452. The lowest BCUT2D eigenvalue weighted by molar-refractivity contribution is -0.149. The first-order valence-corrected chi connectivity index (χ1v) is 12.2. The summed E-state index contributed by atoms with van der Waals surface area (Å²) in [7, 11) is 1.52. The second kappa shape index (κ2) is 13.2. The Kier molecular flexibility index (Phi) is 9.24. The Morgan fingerprint density at radius 1 is 1.08 bits per heavy atom. The van der Waals surface area contributed by atoms with Crippen LogP contribution in [0.15, 0.2) is 53.6 Å². The first kappa shape index (κ1) is 26.6. The molecule has 1 aliphatic rings. The first-order chi connectivity index (χ1) is 18.5. The zero-order valence-electron chi connectivity index (χ0n) is 21.6. The van der Waals surface area contributed by atoms with E-state index in [0.717, 1.165) is 11.3 Å². The van der Waals surface area contributed by atoms with E-state index < -0.39 is 5.97 Å². The zero-order valence-corrected chi connectivity index (χ0v) is 21.6. The third-order valence-electron chi connectivity index (χ3n) is 5.23. The van der Waals surface area contributed by atoms with Gasteiger partial charge in [-0.05, 0) is 49.7 Å². The highest BCUT2D eigenvalue weighted by molar-refractivity contribution is 5.81. The molecule has 0 bridgehead atoms. The number of methoxy groups -OCH3 is 1. The van der Waals surface area contributed by atoms with Crippen LogP contribution in [0, 0.1) is 0 Å². The number of para-hydroxylation sites is 1. The first-order valence-electron chi connectivity index (χ1n) is 12.2. The van der Waals surface area contributed by atoms with Crippen molar-refractivity contribution >= 4 is 35.7 Å². The largest absolute Gasteiger partial charge is 0.493 e. The van der Waals surface area contributed by atoms with Crippen LogP contribution in [-0.4, -0.2) is 73.3 Å². The molecule has 1 saturated heterocycles. The van der Waals surface area contributed by atoms with Crippen molar-refractivity contribution in [2.75, 3.05) is 55.7 Å². The SMILES string of the molecule is COc1cc(/C=N/Nc2nc(Nc3ccccc3)nc(N3CCOCC3)n2)ccc1OCC(=O)OC(C)C. The lowest BCUT2D eigenvalue weighted by Crippen LogP contribution is -2.37. The molecule has 1 aromatic heterocycles. The van der Waals surface area contributed by atoms with Crippen LogP contribution in [-0.2, 0) is 14.3 Å². The Morgan fingerprint density at radius 3 is 2.58 bits per heavy atom. The van der Waals surface area contributed by atoms with Crippen LogP contribution in [0.25, 0.3) is 0 Å². The number of hydrogen-bond donors (Lipinski definition) is 2. The van der Waals surface area contributed by atoms with Crippen molar-refractivity contribution in [1.82, 2.24) is 15.0 Å². The second-order valence-corrected chi connectivity index (χ2v) is 8.48. The van der Waals surface area contributed by atoms with E-state index in [9.17, 15) is 4.79 Å². The van der Waals surface area contributed by atoms with E-state index in [-0.39, 0.29) is 18.7 Å². The molecular formula is C26H31N7O5. The van der Waals surface area contributed by atoms with Crippen LogP contribution in [0.4, 0.5) is 23.5 Å². The third-order valence-corrected chi connectivity index (χ3v) is 5.23. The number of esters is 1. The van der Waals surface area contributed by atoms with Crippen LogP contribution >= 0.6 is 0 Å². The van der Waals surface area contributed by atoms with Gasteiger partial charge in [-0.1, -0.05) is 18.2 Å². The number of ether oxygens (including phenoxy) is 4. The molecule has 12 nitrogen and oxygen atoms in total. The number of hydrazone groups is 1. The zero-order chi connectivity index (χ0) is 26.7. The number of morpholine rings is 1. The monoisotopic (exact) mass is 521 g/mol. The van der Waals surface area contributed by atoms with Gasteiger partial charge in [0, 0.05) is 18.8 Å². The van der Waals surface area contributed by atoms with E-state index in [4.69, 9.17) is 18.9 Å². The predicted molar refractivity (Wildman–Crippen MR) is 144 cm³/mol. The number of benzene rings is 2. The van der Waals surface area contributed by atoms with Crippen molar-refractivity contribution in [1.29, 1.82) is 0 Å². The van der Waals surface area contributed by atoms with Crippen molar-refractivity contribution < 1.29 is 23.7 Å². The predicted octanol–water partition coefficient (Wildman–Crippen LogP) is 3.24. The average molecular weight is 522 g/mol. The highest BCUT2D eigenvalue weighted by Crippen LogP contribution is 2.27. The molecule has 2 heterocycles. The lowest BCUT2D eigenvalue weighted by Gasteiger charge is -2.27. The Bertz CT molecular complexity index is 1230. The molecule has 4 rings (SSSR count). The summed E-state index contributed by atoms with van der Waals surface area (Å²) in [6, 6.07) is 14.9. The molecule has 2 aromatic carbocycles. The Morgan fingerprint density at radius 2 is 1.84 bits per heavy atom. The lowest BCUT2D eigenvalue weighted by atomic mass is 10.2. The van der Waals surface area contributed by atoms with Crippen molar-refractivity contribution in [2.24, 2.45) is 5.10 Å². The number of aromatic nitrogens is 3. The van der Waals surface area contributed by atoms with Crippen LogP contribution < -0.4 is 25.1 Å². The number of carbonyl (C=O) groups is 1. The molecule has 200 valence electrons. The fourth-order valence-corrected chi connectivity index (χ4v) is 3.51. The van der Waals surface area contributed by atoms with E-state index in [0.29, 0.717) is 49.7 Å². The van der Waals surface area contributed by atoms with Gasteiger partial charge in [-0.25, -0.2) is 10.2 Å². The van der Waals surface area contributed by atoms with E-state index in [1.165, 1.54) is 7.11 Å². The van der Waals surface area contributed by atoms with Gasteiger partial charge in [0.2, 0.25) is 17.8 Å².